The Morgan fingerprint density at radius 2 is 2.00 bits per heavy atom. The van der Waals surface area contributed by atoms with Crippen LogP contribution < -0.4 is 20.1 Å². The molecule has 29 heavy (non-hydrogen) atoms. The molecule has 1 heterocycles. The molecule has 3 atom stereocenters. The number of benzene rings is 1. The van der Waals surface area contributed by atoms with Crippen molar-refractivity contribution >= 4 is 5.96 Å². The number of hydrogen-bond acceptors (Lipinski definition) is 4. The van der Waals surface area contributed by atoms with Crippen LogP contribution in [0.5, 0.6) is 11.5 Å². The predicted molar refractivity (Wildman–Crippen MR) is 115 cm³/mol. The summed E-state index contributed by atoms with van der Waals surface area (Å²) < 4.78 is 16.9. The van der Waals surface area contributed by atoms with Crippen molar-refractivity contribution in [2.75, 3.05) is 33.9 Å². The number of hydrogen-bond donors (Lipinski definition) is 2. The maximum absolute atomic E-state index is 6.12. The molecule has 2 aliphatic carbocycles. The Morgan fingerprint density at radius 1 is 1.21 bits per heavy atom. The van der Waals surface area contributed by atoms with Crippen LogP contribution in [0.1, 0.15) is 44.6 Å². The molecule has 1 aliphatic heterocycles. The first-order valence-corrected chi connectivity index (χ1v) is 11.1. The van der Waals surface area contributed by atoms with E-state index in [1.807, 2.05) is 12.1 Å². The average Bonchev–Trinajstić information content (AvgIpc) is 3.40. The molecular weight excluding hydrogens is 366 g/mol. The van der Waals surface area contributed by atoms with Crippen molar-refractivity contribution in [3.63, 3.8) is 0 Å². The highest BCUT2D eigenvalue weighted by Crippen LogP contribution is 2.60. The summed E-state index contributed by atoms with van der Waals surface area (Å²) >= 11 is 0. The van der Waals surface area contributed by atoms with Crippen LogP contribution >= 0.6 is 0 Å². The molecule has 6 nitrogen and oxygen atoms in total. The summed E-state index contributed by atoms with van der Waals surface area (Å²) in [5.74, 6) is 3.11. The van der Waals surface area contributed by atoms with Crippen LogP contribution in [0.2, 0.25) is 0 Å². The normalized spacial score (nSPS) is 27.4. The molecule has 3 fully saturated rings. The molecule has 2 saturated carbocycles. The summed E-state index contributed by atoms with van der Waals surface area (Å²) in [5.41, 5.74) is 1.53. The van der Waals surface area contributed by atoms with Gasteiger partial charge in [0.1, 0.15) is 0 Å². The monoisotopic (exact) mass is 401 g/mol. The highest BCUT2D eigenvalue weighted by molar-refractivity contribution is 5.80. The van der Waals surface area contributed by atoms with Gasteiger partial charge in [0, 0.05) is 37.1 Å². The minimum Gasteiger partial charge on any atom is -0.493 e. The number of nitrogens with one attached hydrogen (secondary N) is 2. The van der Waals surface area contributed by atoms with Crippen LogP contribution in [0.3, 0.4) is 0 Å². The molecule has 1 spiro atoms. The lowest BCUT2D eigenvalue weighted by molar-refractivity contribution is -0.125. The Bertz CT molecular complexity index is 730. The molecule has 1 aromatic carbocycles. The van der Waals surface area contributed by atoms with Gasteiger partial charge < -0.3 is 24.8 Å². The zero-order valence-electron chi connectivity index (χ0n) is 18.0. The molecule has 0 bridgehead atoms. The van der Waals surface area contributed by atoms with Crippen molar-refractivity contribution in [3.05, 3.63) is 23.8 Å². The topological polar surface area (TPSA) is 64.1 Å². The predicted octanol–water partition coefficient (Wildman–Crippen LogP) is 3.15. The van der Waals surface area contributed by atoms with Crippen molar-refractivity contribution in [1.82, 2.24) is 10.6 Å². The smallest absolute Gasteiger partial charge is 0.191 e. The van der Waals surface area contributed by atoms with E-state index in [2.05, 4.69) is 23.6 Å². The van der Waals surface area contributed by atoms with Gasteiger partial charge in [0.15, 0.2) is 17.5 Å². The van der Waals surface area contributed by atoms with E-state index in [0.29, 0.717) is 23.5 Å². The summed E-state index contributed by atoms with van der Waals surface area (Å²) in [6.45, 7) is 4.64. The summed E-state index contributed by atoms with van der Waals surface area (Å²) in [6.07, 6.45) is 7.75. The first kappa shape index (κ1) is 20.3. The number of guanidine groups is 1. The van der Waals surface area contributed by atoms with E-state index >= 15 is 0 Å². The van der Waals surface area contributed by atoms with Gasteiger partial charge in [-0.1, -0.05) is 18.9 Å². The summed E-state index contributed by atoms with van der Waals surface area (Å²) in [7, 11) is 3.33. The van der Waals surface area contributed by atoms with Gasteiger partial charge in [-0.2, -0.15) is 0 Å². The summed E-state index contributed by atoms with van der Waals surface area (Å²) in [4.78, 5) is 4.88. The highest BCUT2D eigenvalue weighted by Gasteiger charge is 2.65. The van der Waals surface area contributed by atoms with Gasteiger partial charge in [0.25, 0.3) is 0 Å². The Balaban J connectivity index is 1.40. The van der Waals surface area contributed by atoms with Crippen LogP contribution in [-0.4, -0.2) is 52.0 Å². The largest absolute Gasteiger partial charge is 0.493 e. The van der Waals surface area contributed by atoms with Crippen molar-refractivity contribution in [1.29, 1.82) is 0 Å². The molecule has 1 aromatic rings. The number of aliphatic imine (C=N–C) groups is 1. The second-order valence-corrected chi connectivity index (χ2v) is 8.51. The quantitative estimate of drug-likeness (QED) is 0.543. The van der Waals surface area contributed by atoms with E-state index in [0.717, 1.165) is 43.6 Å². The number of fused-ring (bicyclic) bond motifs is 2. The summed E-state index contributed by atoms with van der Waals surface area (Å²) in [6, 6.07) is 6.57. The van der Waals surface area contributed by atoms with Gasteiger partial charge in [-0.05, 0) is 50.3 Å². The van der Waals surface area contributed by atoms with Crippen molar-refractivity contribution in [3.8, 4) is 11.5 Å². The van der Waals surface area contributed by atoms with Gasteiger partial charge >= 0.3 is 0 Å². The molecule has 3 aliphatic rings. The molecule has 2 N–H and O–H groups in total. The minimum atomic E-state index is 0.334. The lowest BCUT2D eigenvalue weighted by atomic mass is 9.54. The Labute approximate surface area is 174 Å². The third-order valence-electron chi connectivity index (χ3n) is 7.04. The van der Waals surface area contributed by atoms with Crippen LogP contribution in [0.25, 0.3) is 0 Å². The van der Waals surface area contributed by atoms with E-state index in [4.69, 9.17) is 19.2 Å². The molecule has 3 unspecified atom stereocenters. The molecule has 6 heteroatoms. The molecule has 0 radical (unpaired) electrons. The van der Waals surface area contributed by atoms with Gasteiger partial charge in [0.05, 0.1) is 20.3 Å². The molecule has 4 rings (SSSR count). The number of rotatable bonds is 7. The first-order chi connectivity index (χ1) is 14.2. The van der Waals surface area contributed by atoms with Crippen LogP contribution in [-0.2, 0) is 11.2 Å². The Kier molecular flexibility index (Phi) is 6.18. The lowest BCUT2D eigenvalue weighted by Gasteiger charge is -2.57. The van der Waals surface area contributed by atoms with Crippen molar-refractivity contribution in [2.45, 2.75) is 57.6 Å². The van der Waals surface area contributed by atoms with Gasteiger partial charge in [0.2, 0.25) is 0 Å². The van der Waals surface area contributed by atoms with Gasteiger partial charge in [-0.25, -0.2) is 0 Å². The van der Waals surface area contributed by atoms with E-state index in [1.165, 1.54) is 37.7 Å². The third-order valence-corrected chi connectivity index (χ3v) is 7.04. The average molecular weight is 402 g/mol. The number of ether oxygens (including phenoxy) is 3. The fourth-order valence-corrected chi connectivity index (χ4v) is 5.70. The first-order valence-electron chi connectivity index (χ1n) is 11.1. The molecule has 160 valence electrons. The molecule has 1 saturated heterocycles. The third kappa shape index (κ3) is 3.79. The minimum absolute atomic E-state index is 0.334. The van der Waals surface area contributed by atoms with Gasteiger partial charge in [-0.15, -0.1) is 0 Å². The standard InChI is InChI=1S/C23H35N3O3/c1-4-24-22(25-13-9-16-7-8-18(27-2)19(15-16)28-3)26-20-17-10-14-29-21(17)23(20)11-5-6-12-23/h7-8,15,17,20-21H,4-6,9-14H2,1-3H3,(H2,24,25,26). The summed E-state index contributed by atoms with van der Waals surface area (Å²) in [5, 5.41) is 7.25. The SMILES string of the molecule is CCNC(=NCCc1ccc(OC)c(OC)c1)NC1C2CCOC2C12CCCC2. The van der Waals surface area contributed by atoms with E-state index in [1.54, 1.807) is 14.2 Å². The van der Waals surface area contributed by atoms with Gasteiger partial charge in [-0.3, -0.25) is 4.99 Å². The lowest BCUT2D eigenvalue weighted by Crippen LogP contribution is -2.69. The van der Waals surface area contributed by atoms with Crippen LogP contribution in [0.15, 0.2) is 23.2 Å². The van der Waals surface area contributed by atoms with Crippen LogP contribution in [0, 0.1) is 11.3 Å². The molecule has 0 amide bonds. The maximum atomic E-state index is 6.12. The van der Waals surface area contributed by atoms with Crippen LogP contribution in [0.4, 0.5) is 0 Å². The van der Waals surface area contributed by atoms with Crippen molar-refractivity contribution in [2.24, 2.45) is 16.3 Å². The highest BCUT2D eigenvalue weighted by atomic mass is 16.5. The number of methoxy groups -OCH3 is 2. The fourth-order valence-electron chi connectivity index (χ4n) is 5.70. The molecule has 0 aromatic heterocycles. The fraction of sp³-hybridized carbons (Fsp3) is 0.696. The maximum Gasteiger partial charge on any atom is 0.191 e. The van der Waals surface area contributed by atoms with E-state index < -0.39 is 0 Å². The Hall–Kier alpha value is -1.95. The Morgan fingerprint density at radius 3 is 2.72 bits per heavy atom. The second-order valence-electron chi connectivity index (χ2n) is 8.51. The number of nitrogens with zero attached hydrogens (tertiary/aromatic N) is 1. The zero-order valence-corrected chi connectivity index (χ0v) is 18.0. The second kappa shape index (κ2) is 8.82. The zero-order chi connectivity index (χ0) is 20.3. The molecular formula is C23H35N3O3. The van der Waals surface area contributed by atoms with E-state index in [-0.39, 0.29) is 0 Å². The van der Waals surface area contributed by atoms with E-state index in [9.17, 15) is 0 Å². The van der Waals surface area contributed by atoms with Crippen molar-refractivity contribution < 1.29 is 14.2 Å².